The van der Waals surface area contributed by atoms with Crippen molar-refractivity contribution in [3.8, 4) is 0 Å². The molecular weight excluding hydrogens is 884 g/mol. The Bertz CT molecular complexity index is 1030. The van der Waals surface area contributed by atoms with E-state index in [9.17, 15) is 19.5 Å². The van der Waals surface area contributed by atoms with Crippen molar-refractivity contribution in [1.29, 1.82) is 0 Å². The second-order valence-corrected chi connectivity index (χ2v) is 13.3. The standard InChI is InChI=1S/C42H82N2O22/c1-49-7-9-51-11-13-53-15-17-55-19-21-57-23-25-59-27-29-61-31-33-63-35-37-65-41(47)43-6-4-3-5-39(40(45)46)44-42(48)66-38-36-64-34-32-62-30-28-60-26-24-58-22-20-56-18-16-54-14-12-52-10-8-50-2/h39H,3-38H2,1-2H3,(H,43,47)(H,44,48)(H,45,46)/t39-/m1/s1. The molecule has 1 atom stereocenters. The summed E-state index contributed by atoms with van der Waals surface area (Å²) in [5.41, 5.74) is 0. The Labute approximate surface area is 390 Å². The van der Waals surface area contributed by atoms with Crippen molar-refractivity contribution >= 4 is 18.2 Å². The number of nitrogens with one attached hydrogen (secondary N) is 2. The van der Waals surface area contributed by atoms with Gasteiger partial charge in [0.2, 0.25) is 0 Å². The Morgan fingerprint density at radius 3 is 0.848 bits per heavy atom. The van der Waals surface area contributed by atoms with Gasteiger partial charge in [-0.2, -0.15) is 0 Å². The first kappa shape index (κ1) is 63.4. The van der Waals surface area contributed by atoms with Gasteiger partial charge in [-0.25, -0.2) is 14.4 Å². The van der Waals surface area contributed by atoms with E-state index in [-0.39, 0.29) is 46.0 Å². The highest BCUT2D eigenvalue weighted by Gasteiger charge is 2.20. The van der Waals surface area contributed by atoms with Gasteiger partial charge in [-0.05, 0) is 19.3 Å². The maximum Gasteiger partial charge on any atom is 0.407 e. The number of hydrogen-bond donors (Lipinski definition) is 3. The number of unbranched alkanes of at least 4 members (excludes halogenated alkanes) is 1. The Hall–Kier alpha value is -2.63. The van der Waals surface area contributed by atoms with Crippen molar-refractivity contribution in [3.63, 3.8) is 0 Å². The van der Waals surface area contributed by atoms with Crippen LogP contribution in [0, 0.1) is 0 Å². The normalized spacial score (nSPS) is 11.8. The smallest absolute Gasteiger partial charge is 0.407 e. The zero-order valence-corrected chi connectivity index (χ0v) is 39.6. The van der Waals surface area contributed by atoms with E-state index >= 15 is 0 Å². The molecule has 2 amide bonds. The van der Waals surface area contributed by atoms with Crippen LogP contribution in [0.1, 0.15) is 19.3 Å². The van der Waals surface area contributed by atoms with Crippen LogP contribution in [-0.2, 0) is 90.1 Å². The summed E-state index contributed by atoms with van der Waals surface area (Å²) in [6.45, 7) is 13.4. The summed E-state index contributed by atoms with van der Waals surface area (Å²) in [4.78, 5) is 35.6. The molecule has 392 valence electrons. The van der Waals surface area contributed by atoms with E-state index < -0.39 is 24.2 Å². The predicted molar refractivity (Wildman–Crippen MR) is 234 cm³/mol. The summed E-state index contributed by atoms with van der Waals surface area (Å²) in [6.07, 6.45) is -0.454. The van der Waals surface area contributed by atoms with Gasteiger partial charge < -0.3 is 101 Å². The van der Waals surface area contributed by atoms with Crippen molar-refractivity contribution in [2.24, 2.45) is 0 Å². The van der Waals surface area contributed by atoms with Gasteiger partial charge in [0.15, 0.2) is 0 Å². The first-order valence-electron chi connectivity index (χ1n) is 22.6. The Kier molecular flexibility index (Phi) is 52.8. The van der Waals surface area contributed by atoms with Crippen molar-refractivity contribution in [2.75, 3.05) is 232 Å². The number of ether oxygens (including phenoxy) is 18. The minimum Gasteiger partial charge on any atom is -0.480 e. The summed E-state index contributed by atoms with van der Waals surface area (Å²) < 4.78 is 95.5. The molecule has 0 aromatic carbocycles. The van der Waals surface area contributed by atoms with Crippen LogP contribution in [-0.4, -0.2) is 261 Å². The molecule has 0 heterocycles. The largest absolute Gasteiger partial charge is 0.480 e. The predicted octanol–water partition coefficient (Wildman–Crippen LogP) is 0.588. The fourth-order valence-electron chi connectivity index (χ4n) is 4.67. The van der Waals surface area contributed by atoms with E-state index in [1.807, 2.05) is 0 Å². The average Bonchev–Trinajstić information content (AvgIpc) is 3.31. The second-order valence-electron chi connectivity index (χ2n) is 13.3. The SMILES string of the molecule is COCCOCCOCCOCCOCCOCCOCCOCCOC(=O)NCCCC[C@@H](NC(=O)OCCOCCOCCOCCOCCOCCOCCOCCOC)C(=O)O. The molecule has 24 heteroatoms. The van der Waals surface area contributed by atoms with Crippen molar-refractivity contribution in [2.45, 2.75) is 25.3 Å². The highest BCUT2D eigenvalue weighted by atomic mass is 16.6. The lowest BCUT2D eigenvalue weighted by atomic mass is 10.1. The molecule has 0 aromatic rings. The number of carboxylic acids is 1. The lowest BCUT2D eigenvalue weighted by Gasteiger charge is -2.15. The first-order chi connectivity index (χ1) is 32.5. The third-order valence-corrected chi connectivity index (χ3v) is 8.03. The molecule has 24 nitrogen and oxygen atoms in total. The van der Waals surface area contributed by atoms with E-state index in [1.165, 1.54) is 0 Å². The Morgan fingerprint density at radius 2 is 0.591 bits per heavy atom. The highest BCUT2D eigenvalue weighted by molar-refractivity contribution is 5.79. The van der Waals surface area contributed by atoms with Crippen LogP contribution in [0.15, 0.2) is 0 Å². The zero-order valence-electron chi connectivity index (χ0n) is 39.6. The summed E-state index contributed by atoms with van der Waals surface area (Å²) in [6, 6.07) is -1.15. The summed E-state index contributed by atoms with van der Waals surface area (Å²) >= 11 is 0. The maximum atomic E-state index is 12.1. The Morgan fingerprint density at radius 1 is 0.348 bits per heavy atom. The fourth-order valence-corrected chi connectivity index (χ4v) is 4.67. The number of carbonyl (C=O) groups is 3. The lowest BCUT2D eigenvalue weighted by Crippen LogP contribution is -2.41. The van der Waals surface area contributed by atoms with E-state index in [2.05, 4.69) is 10.6 Å². The van der Waals surface area contributed by atoms with Gasteiger partial charge >= 0.3 is 18.2 Å². The van der Waals surface area contributed by atoms with Gasteiger partial charge in [0, 0.05) is 20.8 Å². The van der Waals surface area contributed by atoms with Crippen molar-refractivity contribution < 1.29 is 105 Å². The van der Waals surface area contributed by atoms with Crippen molar-refractivity contribution in [1.82, 2.24) is 10.6 Å². The maximum absolute atomic E-state index is 12.1. The molecule has 66 heavy (non-hydrogen) atoms. The number of rotatable bonds is 55. The van der Waals surface area contributed by atoms with Gasteiger partial charge in [0.25, 0.3) is 0 Å². The van der Waals surface area contributed by atoms with Gasteiger partial charge in [0.05, 0.1) is 198 Å². The molecule has 0 fully saturated rings. The number of alkyl carbamates (subject to hydrolysis) is 2. The highest BCUT2D eigenvalue weighted by Crippen LogP contribution is 2.02. The molecule has 0 aliphatic carbocycles. The summed E-state index contributed by atoms with van der Waals surface area (Å²) in [5, 5.41) is 14.4. The topological polar surface area (TPSA) is 262 Å². The zero-order chi connectivity index (χ0) is 47.9. The van der Waals surface area contributed by atoms with E-state index in [4.69, 9.17) is 85.3 Å². The van der Waals surface area contributed by atoms with E-state index in [0.29, 0.717) is 191 Å². The van der Waals surface area contributed by atoms with E-state index in [1.54, 1.807) is 14.2 Å². The molecule has 0 radical (unpaired) electrons. The van der Waals surface area contributed by atoms with Crippen LogP contribution >= 0.6 is 0 Å². The molecule has 0 aliphatic heterocycles. The van der Waals surface area contributed by atoms with Gasteiger partial charge in [-0.1, -0.05) is 0 Å². The average molecular weight is 967 g/mol. The number of aliphatic carboxylic acids is 1. The molecule has 0 rings (SSSR count). The minimum atomic E-state index is -1.20. The van der Waals surface area contributed by atoms with Gasteiger partial charge in [0.1, 0.15) is 19.3 Å². The number of carboxylic acid groups (broad SMARTS) is 1. The van der Waals surface area contributed by atoms with Gasteiger partial charge in [-0.3, -0.25) is 0 Å². The minimum absolute atomic E-state index is 0.0575. The molecule has 0 aliphatic rings. The molecule has 0 saturated carbocycles. The van der Waals surface area contributed by atoms with Crippen molar-refractivity contribution in [3.05, 3.63) is 0 Å². The van der Waals surface area contributed by atoms with Crippen LogP contribution in [0.5, 0.6) is 0 Å². The van der Waals surface area contributed by atoms with Crippen LogP contribution in [0.3, 0.4) is 0 Å². The van der Waals surface area contributed by atoms with Gasteiger partial charge in [-0.15, -0.1) is 0 Å². The number of carbonyl (C=O) groups excluding carboxylic acids is 2. The second kappa shape index (κ2) is 55.0. The molecule has 0 saturated heterocycles. The summed E-state index contributed by atoms with van der Waals surface area (Å²) in [5.74, 6) is -1.20. The van der Waals surface area contributed by atoms with Crippen LogP contribution in [0.4, 0.5) is 9.59 Å². The molecule has 0 aromatic heterocycles. The molecule has 0 bridgehead atoms. The molecule has 0 unspecified atom stereocenters. The van der Waals surface area contributed by atoms with Crippen LogP contribution in [0.25, 0.3) is 0 Å². The Balaban J connectivity index is 3.46. The van der Waals surface area contributed by atoms with Crippen LogP contribution < -0.4 is 10.6 Å². The third kappa shape index (κ3) is 52.3. The lowest BCUT2D eigenvalue weighted by molar-refractivity contribution is -0.139. The van der Waals surface area contributed by atoms with E-state index in [0.717, 1.165) is 0 Å². The van der Waals surface area contributed by atoms with Crippen LogP contribution in [0.2, 0.25) is 0 Å². The number of amides is 2. The molecule has 3 N–H and O–H groups in total. The first-order valence-corrected chi connectivity index (χ1v) is 22.6. The monoisotopic (exact) mass is 967 g/mol. The fraction of sp³-hybridized carbons (Fsp3) is 0.929. The third-order valence-electron chi connectivity index (χ3n) is 8.03. The number of hydrogen-bond acceptors (Lipinski definition) is 21. The summed E-state index contributed by atoms with van der Waals surface area (Å²) in [7, 11) is 3.26. The molecule has 0 spiro atoms. The number of methoxy groups -OCH3 is 2. The molecular formula is C42H82N2O22. The quantitative estimate of drug-likeness (QED) is 0.0705.